The van der Waals surface area contributed by atoms with Crippen molar-refractivity contribution in [2.75, 3.05) is 27.3 Å². The summed E-state index contributed by atoms with van der Waals surface area (Å²) < 4.78 is 11.1. The molecule has 1 saturated heterocycles. The number of hydrogen-bond acceptors (Lipinski definition) is 3. The molecule has 0 bridgehead atoms. The smallest absolute Gasteiger partial charge is 0.121 e. The fraction of sp³-hybridized carbons (Fsp3) is 0.571. The first kappa shape index (κ1) is 12.4. The van der Waals surface area contributed by atoms with E-state index in [9.17, 15) is 0 Å². The Hall–Kier alpha value is -1.06. The van der Waals surface area contributed by atoms with Crippen LogP contribution in [0.2, 0.25) is 0 Å². The van der Waals surface area contributed by atoms with Crippen LogP contribution < -0.4 is 10.1 Å². The average Bonchev–Trinajstić information content (AvgIpc) is 2.78. The zero-order chi connectivity index (χ0) is 12.3. The number of methoxy groups -OCH3 is 1. The number of benzene rings is 1. The summed E-state index contributed by atoms with van der Waals surface area (Å²) >= 11 is 0. The third-order valence-electron chi connectivity index (χ3n) is 3.43. The highest BCUT2D eigenvalue weighted by atomic mass is 16.5. The lowest BCUT2D eigenvalue weighted by Gasteiger charge is -2.19. The van der Waals surface area contributed by atoms with Crippen molar-refractivity contribution in [1.29, 1.82) is 0 Å². The Labute approximate surface area is 103 Å². The molecule has 2 atom stereocenters. The van der Waals surface area contributed by atoms with Gasteiger partial charge in [0.1, 0.15) is 5.75 Å². The highest BCUT2D eigenvalue weighted by Gasteiger charge is 2.29. The van der Waals surface area contributed by atoms with Gasteiger partial charge in [0, 0.05) is 19.1 Å². The fourth-order valence-electron chi connectivity index (χ4n) is 2.55. The molecule has 1 N–H and O–H groups in total. The van der Waals surface area contributed by atoms with E-state index in [0.717, 1.165) is 25.3 Å². The summed E-state index contributed by atoms with van der Waals surface area (Å²) in [6.07, 6.45) is 1.36. The summed E-state index contributed by atoms with van der Waals surface area (Å²) in [5, 5.41) is 3.24. The van der Waals surface area contributed by atoms with Crippen molar-refractivity contribution in [3.8, 4) is 5.75 Å². The quantitative estimate of drug-likeness (QED) is 0.868. The standard InChI is InChI=1S/C14H21NO2/c1-10-8-11(4-5-13(10)16-3)14-12(9-15-2)6-7-17-14/h4-5,8,12,14-15H,6-7,9H2,1-3H3. The van der Waals surface area contributed by atoms with E-state index in [-0.39, 0.29) is 6.10 Å². The van der Waals surface area contributed by atoms with Gasteiger partial charge in [-0.25, -0.2) is 0 Å². The Morgan fingerprint density at radius 3 is 2.94 bits per heavy atom. The van der Waals surface area contributed by atoms with E-state index in [0.29, 0.717) is 5.92 Å². The summed E-state index contributed by atoms with van der Waals surface area (Å²) in [6.45, 7) is 3.95. The Morgan fingerprint density at radius 2 is 2.29 bits per heavy atom. The monoisotopic (exact) mass is 235 g/mol. The zero-order valence-electron chi connectivity index (χ0n) is 10.8. The number of nitrogens with one attached hydrogen (secondary N) is 1. The molecule has 0 aliphatic carbocycles. The first-order chi connectivity index (χ1) is 8.26. The summed E-state index contributed by atoms with van der Waals surface area (Å²) in [4.78, 5) is 0. The van der Waals surface area contributed by atoms with Gasteiger partial charge < -0.3 is 14.8 Å². The predicted octanol–water partition coefficient (Wildman–Crippen LogP) is 2.30. The van der Waals surface area contributed by atoms with Crippen LogP contribution in [0, 0.1) is 12.8 Å². The molecule has 3 nitrogen and oxygen atoms in total. The summed E-state index contributed by atoms with van der Waals surface area (Å²) in [6, 6.07) is 6.32. The maximum absolute atomic E-state index is 5.85. The van der Waals surface area contributed by atoms with Gasteiger partial charge in [-0.3, -0.25) is 0 Å². The highest BCUT2D eigenvalue weighted by Crippen LogP contribution is 2.35. The molecular weight excluding hydrogens is 214 g/mol. The molecule has 0 aromatic heterocycles. The number of rotatable bonds is 4. The minimum atomic E-state index is 0.229. The molecule has 1 aromatic rings. The van der Waals surface area contributed by atoms with Crippen LogP contribution in [0.1, 0.15) is 23.7 Å². The van der Waals surface area contributed by atoms with Crippen molar-refractivity contribution in [3.05, 3.63) is 29.3 Å². The largest absolute Gasteiger partial charge is 0.496 e. The molecule has 2 rings (SSSR count). The van der Waals surface area contributed by atoms with Crippen molar-refractivity contribution < 1.29 is 9.47 Å². The second kappa shape index (κ2) is 5.52. The molecule has 1 heterocycles. The van der Waals surface area contributed by atoms with E-state index in [1.54, 1.807) is 7.11 Å². The van der Waals surface area contributed by atoms with Gasteiger partial charge in [0.15, 0.2) is 0 Å². The highest BCUT2D eigenvalue weighted by molar-refractivity contribution is 5.37. The number of aryl methyl sites for hydroxylation is 1. The van der Waals surface area contributed by atoms with Crippen molar-refractivity contribution in [2.45, 2.75) is 19.4 Å². The van der Waals surface area contributed by atoms with Crippen molar-refractivity contribution >= 4 is 0 Å². The summed E-state index contributed by atoms with van der Waals surface area (Å²) in [7, 11) is 3.70. The second-order valence-electron chi connectivity index (χ2n) is 4.63. The molecule has 2 unspecified atom stereocenters. The Kier molecular flexibility index (Phi) is 4.02. The van der Waals surface area contributed by atoms with Gasteiger partial charge in [0.25, 0.3) is 0 Å². The first-order valence-electron chi connectivity index (χ1n) is 6.17. The zero-order valence-corrected chi connectivity index (χ0v) is 10.8. The second-order valence-corrected chi connectivity index (χ2v) is 4.63. The molecule has 1 fully saturated rings. The lowest BCUT2D eigenvalue weighted by atomic mass is 9.94. The first-order valence-corrected chi connectivity index (χ1v) is 6.17. The number of hydrogen-bond donors (Lipinski definition) is 1. The van der Waals surface area contributed by atoms with E-state index < -0.39 is 0 Å². The van der Waals surface area contributed by atoms with Crippen LogP contribution >= 0.6 is 0 Å². The molecule has 0 radical (unpaired) electrons. The Balaban J connectivity index is 2.18. The van der Waals surface area contributed by atoms with Crippen molar-refractivity contribution in [3.63, 3.8) is 0 Å². The van der Waals surface area contributed by atoms with Crippen LogP contribution in [0.3, 0.4) is 0 Å². The minimum absolute atomic E-state index is 0.229. The van der Waals surface area contributed by atoms with Crippen molar-refractivity contribution in [2.24, 2.45) is 5.92 Å². The normalized spacial score (nSPS) is 23.9. The van der Waals surface area contributed by atoms with Gasteiger partial charge in [0.05, 0.1) is 13.2 Å². The van der Waals surface area contributed by atoms with Crippen LogP contribution in [0.15, 0.2) is 18.2 Å². The molecule has 3 heteroatoms. The average molecular weight is 235 g/mol. The van der Waals surface area contributed by atoms with E-state index in [1.807, 2.05) is 13.1 Å². The van der Waals surface area contributed by atoms with Crippen LogP contribution in [0.5, 0.6) is 5.75 Å². The van der Waals surface area contributed by atoms with E-state index in [1.165, 1.54) is 11.1 Å². The van der Waals surface area contributed by atoms with E-state index in [4.69, 9.17) is 9.47 Å². The minimum Gasteiger partial charge on any atom is -0.496 e. The molecule has 1 aliphatic heterocycles. The van der Waals surface area contributed by atoms with Crippen LogP contribution in [0.4, 0.5) is 0 Å². The molecule has 94 valence electrons. The van der Waals surface area contributed by atoms with Gasteiger partial charge in [-0.05, 0) is 43.7 Å². The van der Waals surface area contributed by atoms with Gasteiger partial charge in [-0.1, -0.05) is 6.07 Å². The van der Waals surface area contributed by atoms with Crippen molar-refractivity contribution in [1.82, 2.24) is 5.32 Å². The van der Waals surface area contributed by atoms with Crippen LogP contribution in [-0.2, 0) is 4.74 Å². The van der Waals surface area contributed by atoms with Gasteiger partial charge >= 0.3 is 0 Å². The van der Waals surface area contributed by atoms with E-state index in [2.05, 4.69) is 24.4 Å². The molecule has 1 aromatic carbocycles. The summed E-state index contributed by atoms with van der Waals surface area (Å²) in [5.41, 5.74) is 2.43. The maximum Gasteiger partial charge on any atom is 0.121 e. The molecule has 1 aliphatic rings. The topological polar surface area (TPSA) is 30.5 Å². The molecular formula is C14H21NO2. The Bertz CT molecular complexity index is 378. The van der Waals surface area contributed by atoms with Gasteiger partial charge in [-0.2, -0.15) is 0 Å². The maximum atomic E-state index is 5.85. The third-order valence-corrected chi connectivity index (χ3v) is 3.43. The fourth-order valence-corrected chi connectivity index (χ4v) is 2.55. The lowest BCUT2D eigenvalue weighted by molar-refractivity contribution is 0.0909. The van der Waals surface area contributed by atoms with Crippen LogP contribution in [-0.4, -0.2) is 27.3 Å². The molecule has 0 amide bonds. The lowest BCUT2D eigenvalue weighted by Crippen LogP contribution is -2.21. The third kappa shape index (κ3) is 2.61. The molecule has 0 spiro atoms. The Morgan fingerprint density at radius 1 is 1.47 bits per heavy atom. The number of ether oxygens (including phenoxy) is 2. The molecule has 17 heavy (non-hydrogen) atoms. The van der Waals surface area contributed by atoms with Gasteiger partial charge in [0.2, 0.25) is 0 Å². The van der Waals surface area contributed by atoms with Crippen LogP contribution in [0.25, 0.3) is 0 Å². The SMILES string of the molecule is CNCC1CCOC1c1ccc(OC)c(C)c1. The van der Waals surface area contributed by atoms with E-state index >= 15 is 0 Å². The summed E-state index contributed by atoms with van der Waals surface area (Å²) in [5.74, 6) is 1.52. The predicted molar refractivity (Wildman–Crippen MR) is 68.5 cm³/mol. The molecule has 0 saturated carbocycles. The van der Waals surface area contributed by atoms with Gasteiger partial charge in [-0.15, -0.1) is 0 Å².